The van der Waals surface area contributed by atoms with Crippen molar-refractivity contribution in [3.8, 4) is 0 Å². The van der Waals surface area contributed by atoms with E-state index in [1.165, 1.54) is 11.8 Å². The van der Waals surface area contributed by atoms with Gasteiger partial charge in [0.1, 0.15) is 4.60 Å². The first-order chi connectivity index (χ1) is 8.06. The van der Waals surface area contributed by atoms with Crippen LogP contribution in [0.1, 0.15) is 13.3 Å². The van der Waals surface area contributed by atoms with Gasteiger partial charge in [-0.3, -0.25) is 19.6 Å². The lowest BCUT2D eigenvalue weighted by molar-refractivity contribution is -0.117. The number of aromatic amines is 1. The molecule has 0 aliphatic carbocycles. The molecule has 0 spiro atoms. The number of hydrogen-bond acceptors (Lipinski definition) is 4. The van der Waals surface area contributed by atoms with E-state index in [1.54, 1.807) is 17.9 Å². The molecule has 0 aromatic carbocycles. The number of nitrogens with zero attached hydrogens (tertiary/aromatic N) is 2. The second-order valence-electron chi connectivity index (χ2n) is 3.95. The van der Waals surface area contributed by atoms with Crippen molar-refractivity contribution in [1.82, 2.24) is 10.2 Å². The molecule has 2 rings (SSSR count). The summed E-state index contributed by atoms with van der Waals surface area (Å²) in [6.45, 7) is 2.18. The summed E-state index contributed by atoms with van der Waals surface area (Å²) in [7, 11) is 0. The first-order valence-electron chi connectivity index (χ1n) is 5.21. The van der Waals surface area contributed by atoms with Gasteiger partial charge in [-0.05, 0) is 21.8 Å². The smallest absolute Gasteiger partial charge is 0.228 e. The van der Waals surface area contributed by atoms with Gasteiger partial charge >= 0.3 is 0 Å². The first-order valence-corrected chi connectivity index (χ1v) is 6.98. The zero-order chi connectivity index (χ0) is 12.4. The summed E-state index contributed by atoms with van der Waals surface area (Å²) in [6, 6.07) is 1.78. The van der Waals surface area contributed by atoms with Gasteiger partial charge in [-0.15, -0.1) is 0 Å². The van der Waals surface area contributed by atoms with Gasteiger partial charge in [-0.1, -0.05) is 11.8 Å². The molecule has 1 fully saturated rings. The number of H-pyrrole nitrogens is 1. The van der Waals surface area contributed by atoms with E-state index in [9.17, 15) is 9.59 Å². The molecular formula is C10H12BrN3O2S. The molecule has 1 aliphatic rings. The summed E-state index contributed by atoms with van der Waals surface area (Å²) in [5, 5.41) is 6.88. The van der Waals surface area contributed by atoms with Crippen LogP contribution in [0.5, 0.6) is 0 Å². The Hall–Kier alpha value is -0.820. The van der Waals surface area contributed by atoms with E-state index in [2.05, 4.69) is 26.1 Å². The lowest BCUT2D eigenvalue weighted by atomic mass is 10.1. The van der Waals surface area contributed by atoms with E-state index in [0.29, 0.717) is 24.5 Å². The molecule has 17 heavy (non-hydrogen) atoms. The van der Waals surface area contributed by atoms with Crippen LogP contribution in [0, 0.1) is 5.92 Å². The van der Waals surface area contributed by atoms with Crippen molar-refractivity contribution in [2.24, 2.45) is 5.92 Å². The molecule has 1 N–H and O–H groups in total. The van der Waals surface area contributed by atoms with Gasteiger partial charge in [0.25, 0.3) is 0 Å². The second-order valence-corrected chi connectivity index (χ2v) is 6.00. The second kappa shape index (κ2) is 5.22. The summed E-state index contributed by atoms with van der Waals surface area (Å²) in [4.78, 5) is 24.3. The summed E-state index contributed by atoms with van der Waals surface area (Å²) >= 11 is 4.54. The molecule has 0 saturated carbocycles. The highest BCUT2D eigenvalue weighted by Crippen LogP contribution is 2.27. The molecule has 1 saturated heterocycles. The molecule has 1 aromatic rings. The largest absolute Gasteiger partial charge is 0.295 e. The summed E-state index contributed by atoms with van der Waals surface area (Å²) in [6.07, 6.45) is 0.491. The Morgan fingerprint density at radius 3 is 3.12 bits per heavy atom. The molecule has 0 bridgehead atoms. The van der Waals surface area contributed by atoms with Gasteiger partial charge in [0.15, 0.2) is 10.9 Å². The number of carbonyl (C=O) groups excluding carboxylic acids is 2. The minimum atomic E-state index is 0.0677. The maximum absolute atomic E-state index is 11.8. The van der Waals surface area contributed by atoms with Crippen LogP contribution in [0.4, 0.5) is 5.82 Å². The van der Waals surface area contributed by atoms with Crippen LogP contribution in [-0.2, 0) is 9.59 Å². The molecular weight excluding hydrogens is 306 g/mol. The Morgan fingerprint density at radius 1 is 1.76 bits per heavy atom. The molecule has 1 atom stereocenters. The molecule has 1 aliphatic heterocycles. The lowest BCUT2D eigenvalue weighted by Gasteiger charge is -2.12. The Kier molecular flexibility index (Phi) is 3.88. The Morgan fingerprint density at radius 2 is 2.53 bits per heavy atom. The van der Waals surface area contributed by atoms with Gasteiger partial charge < -0.3 is 0 Å². The minimum absolute atomic E-state index is 0.0677. The van der Waals surface area contributed by atoms with Gasteiger partial charge in [0.05, 0.1) is 0 Å². The van der Waals surface area contributed by atoms with E-state index >= 15 is 0 Å². The molecule has 92 valence electrons. The summed E-state index contributed by atoms with van der Waals surface area (Å²) < 4.78 is 0.752. The summed E-state index contributed by atoms with van der Waals surface area (Å²) in [5.74, 6) is 1.63. The first kappa shape index (κ1) is 12.6. The Balaban J connectivity index is 1.98. The van der Waals surface area contributed by atoms with E-state index < -0.39 is 0 Å². The number of anilines is 1. The topological polar surface area (TPSA) is 66.1 Å². The van der Waals surface area contributed by atoms with E-state index in [0.717, 1.165) is 4.60 Å². The predicted octanol–water partition coefficient (Wildman–Crippen LogP) is 1.80. The SMILES string of the molecule is CC(=O)SCC1CC(=O)N(c2cc(Br)[nH]n2)C1. The highest BCUT2D eigenvalue weighted by atomic mass is 79.9. The fourth-order valence-electron chi connectivity index (χ4n) is 1.78. The number of rotatable bonds is 3. The quantitative estimate of drug-likeness (QED) is 0.923. The Labute approximate surface area is 111 Å². The standard InChI is InChI=1S/C10H12BrN3O2S/c1-6(15)17-5-7-2-10(16)14(4-7)9-3-8(11)12-13-9/h3,7H,2,4-5H2,1H3,(H,12,13). The van der Waals surface area contributed by atoms with Crippen LogP contribution >= 0.6 is 27.7 Å². The van der Waals surface area contributed by atoms with Gasteiger partial charge in [-0.2, -0.15) is 5.10 Å². The number of carbonyl (C=O) groups is 2. The van der Waals surface area contributed by atoms with Crippen LogP contribution < -0.4 is 4.90 Å². The average molecular weight is 318 g/mol. The minimum Gasteiger partial charge on any atom is -0.295 e. The van der Waals surface area contributed by atoms with Crippen LogP contribution in [0.25, 0.3) is 0 Å². The van der Waals surface area contributed by atoms with Gasteiger partial charge in [0, 0.05) is 31.7 Å². The maximum atomic E-state index is 11.8. The number of hydrogen-bond donors (Lipinski definition) is 1. The van der Waals surface area contributed by atoms with Crippen molar-refractivity contribution in [1.29, 1.82) is 0 Å². The van der Waals surface area contributed by atoms with Crippen molar-refractivity contribution in [3.63, 3.8) is 0 Å². The number of halogens is 1. The van der Waals surface area contributed by atoms with Crippen molar-refractivity contribution >= 4 is 44.5 Å². The molecule has 5 nitrogen and oxygen atoms in total. The molecule has 7 heteroatoms. The van der Waals surface area contributed by atoms with E-state index in [-0.39, 0.29) is 16.9 Å². The molecule has 1 aromatic heterocycles. The number of amides is 1. The monoisotopic (exact) mass is 317 g/mol. The molecule has 1 unspecified atom stereocenters. The summed E-state index contributed by atoms with van der Waals surface area (Å²) in [5.41, 5.74) is 0. The highest BCUT2D eigenvalue weighted by molar-refractivity contribution is 9.10. The molecule has 0 radical (unpaired) electrons. The van der Waals surface area contributed by atoms with E-state index in [1.807, 2.05) is 0 Å². The highest BCUT2D eigenvalue weighted by Gasteiger charge is 2.31. The fraction of sp³-hybridized carbons (Fsp3) is 0.500. The van der Waals surface area contributed by atoms with Crippen LogP contribution in [0.15, 0.2) is 10.7 Å². The Bertz CT molecular complexity index is 449. The van der Waals surface area contributed by atoms with Crippen molar-refractivity contribution in [3.05, 3.63) is 10.7 Å². The van der Waals surface area contributed by atoms with Crippen LogP contribution in [-0.4, -0.2) is 33.5 Å². The van der Waals surface area contributed by atoms with Crippen molar-refractivity contribution in [2.45, 2.75) is 13.3 Å². The van der Waals surface area contributed by atoms with Crippen LogP contribution in [0.2, 0.25) is 0 Å². The van der Waals surface area contributed by atoms with Gasteiger partial charge in [-0.25, -0.2) is 0 Å². The van der Waals surface area contributed by atoms with Gasteiger partial charge in [0.2, 0.25) is 5.91 Å². The van der Waals surface area contributed by atoms with Crippen molar-refractivity contribution < 1.29 is 9.59 Å². The molecule has 1 amide bonds. The predicted molar refractivity (Wildman–Crippen MR) is 69.9 cm³/mol. The van der Waals surface area contributed by atoms with Crippen molar-refractivity contribution in [2.75, 3.05) is 17.2 Å². The van der Waals surface area contributed by atoms with E-state index in [4.69, 9.17) is 0 Å². The maximum Gasteiger partial charge on any atom is 0.228 e. The van der Waals surface area contributed by atoms with Crippen LogP contribution in [0.3, 0.4) is 0 Å². The fourth-order valence-corrected chi connectivity index (χ4v) is 2.76. The third-order valence-electron chi connectivity index (χ3n) is 2.54. The lowest BCUT2D eigenvalue weighted by Crippen LogP contribution is -2.25. The third-order valence-corrected chi connectivity index (χ3v) is 3.99. The number of nitrogens with one attached hydrogen (secondary N) is 1. The zero-order valence-corrected chi connectivity index (χ0v) is 11.7. The molecule has 2 heterocycles. The number of thioether (sulfide) groups is 1. The number of aromatic nitrogens is 2. The zero-order valence-electron chi connectivity index (χ0n) is 9.27. The normalized spacial score (nSPS) is 20.0. The third kappa shape index (κ3) is 3.10. The average Bonchev–Trinajstić information content (AvgIpc) is 2.82.